The fourth-order valence-electron chi connectivity index (χ4n) is 0.654. The summed E-state index contributed by atoms with van der Waals surface area (Å²) in [7, 11) is 2.96. The van der Waals surface area contributed by atoms with E-state index in [9.17, 15) is 4.79 Å². The first-order valence-electron chi connectivity index (χ1n) is 4.04. The second kappa shape index (κ2) is 7.76. The van der Waals surface area contributed by atoms with Crippen LogP contribution < -0.4 is 0 Å². The minimum Gasteiger partial charge on any atom is -0.466 e. The molecule has 4 nitrogen and oxygen atoms in total. The van der Waals surface area contributed by atoms with E-state index >= 15 is 0 Å². The van der Waals surface area contributed by atoms with Crippen molar-refractivity contribution in [1.82, 2.24) is 0 Å². The first-order valence-corrected chi connectivity index (χ1v) is 4.04. The minimum atomic E-state index is -0.324. The molecule has 0 aliphatic heterocycles. The van der Waals surface area contributed by atoms with E-state index in [4.69, 9.17) is 9.47 Å². The maximum atomic E-state index is 10.9. The van der Waals surface area contributed by atoms with Crippen LogP contribution in [0, 0.1) is 0 Å². The molecule has 0 aliphatic carbocycles. The summed E-state index contributed by atoms with van der Waals surface area (Å²) < 4.78 is 14.4. The van der Waals surface area contributed by atoms with E-state index in [0.29, 0.717) is 25.4 Å². The first-order chi connectivity index (χ1) is 6.22. The number of esters is 1. The summed E-state index contributed by atoms with van der Waals surface area (Å²) >= 11 is 0. The average Bonchev–Trinajstić information content (AvgIpc) is 2.16. The number of rotatable bonds is 6. The van der Waals surface area contributed by atoms with E-state index in [1.807, 2.05) is 0 Å². The fraction of sp³-hybridized carbons (Fsp3) is 0.667. The molecule has 0 aromatic carbocycles. The number of hydrogen-bond donors (Lipinski definition) is 0. The van der Waals surface area contributed by atoms with Crippen molar-refractivity contribution in [2.24, 2.45) is 0 Å². The van der Waals surface area contributed by atoms with E-state index in [2.05, 4.69) is 4.74 Å². The van der Waals surface area contributed by atoms with E-state index in [1.165, 1.54) is 7.11 Å². The van der Waals surface area contributed by atoms with Crippen LogP contribution in [0.5, 0.6) is 0 Å². The van der Waals surface area contributed by atoms with Crippen LogP contribution in [-0.2, 0) is 19.0 Å². The molecule has 4 heteroatoms. The predicted octanol–water partition coefficient (Wildman–Crippen LogP) is 0.769. The zero-order chi connectivity index (χ0) is 10.1. The second-order valence-electron chi connectivity index (χ2n) is 2.45. The Morgan fingerprint density at radius 3 is 2.54 bits per heavy atom. The van der Waals surface area contributed by atoms with Crippen molar-refractivity contribution in [3.05, 3.63) is 11.6 Å². The first kappa shape index (κ1) is 12.1. The van der Waals surface area contributed by atoms with Gasteiger partial charge in [-0.25, -0.2) is 4.79 Å². The molecule has 0 bridgehead atoms. The van der Waals surface area contributed by atoms with Crippen molar-refractivity contribution < 1.29 is 19.0 Å². The van der Waals surface area contributed by atoms with Gasteiger partial charge in [-0.1, -0.05) is 0 Å². The molecule has 0 rings (SSSR count). The Labute approximate surface area is 78.5 Å². The van der Waals surface area contributed by atoms with Gasteiger partial charge in [-0.2, -0.15) is 0 Å². The van der Waals surface area contributed by atoms with Crippen LogP contribution in [0.2, 0.25) is 0 Å². The Balaban J connectivity index is 3.53. The number of hydrogen-bond acceptors (Lipinski definition) is 4. The molecular formula is C9H16O4. The molecule has 0 spiro atoms. The summed E-state index contributed by atoms with van der Waals surface area (Å²) in [5, 5.41) is 0. The van der Waals surface area contributed by atoms with Crippen molar-refractivity contribution in [2.45, 2.75) is 6.92 Å². The van der Waals surface area contributed by atoms with Gasteiger partial charge in [0.25, 0.3) is 0 Å². The van der Waals surface area contributed by atoms with Crippen molar-refractivity contribution in [2.75, 3.05) is 34.0 Å². The van der Waals surface area contributed by atoms with E-state index in [1.54, 1.807) is 20.1 Å². The molecule has 0 fully saturated rings. The standard InChI is InChI=1S/C9H16O4/c1-8(9(10)12-3)4-5-13-7-6-11-2/h4H,5-7H2,1-3H3. The summed E-state index contributed by atoms with van der Waals surface area (Å²) in [6.07, 6.45) is 1.68. The van der Waals surface area contributed by atoms with Crippen LogP contribution in [0.15, 0.2) is 11.6 Å². The lowest BCUT2D eigenvalue weighted by Crippen LogP contribution is -2.05. The van der Waals surface area contributed by atoms with Crippen molar-refractivity contribution in [1.29, 1.82) is 0 Å². The summed E-state index contributed by atoms with van der Waals surface area (Å²) in [5.41, 5.74) is 0.555. The molecule has 13 heavy (non-hydrogen) atoms. The van der Waals surface area contributed by atoms with Crippen LogP contribution >= 0.6 is 0 Å². The van der Waals surface area contributed by atoms with Crippen LogP contribution in [0.1, 0.15) is 6.92 Å². The van der Waals surface area contributed by atoms with Crippen molar-refractivity contribution in [3.63, 3.8) is 0 Å². The highest BCUT2D eigenvalue weighted by atomic mass is 16.5. The van der Waals surface area contributed by atoms with Gasteiger partial charge in [0.1, 0.15) is 0 Å². The SMILES string of the molecule is COCCOCC=C(C)C(=O)OC. The molecule has 0 atom stereocenters. The van der Waals surface area contributed by atoms with E-state index < -0.39 is 0 Å². The molecule has 0 saturated carbocycles. The summed E-state index contributed by atoms with van der Waals surface area (Å²) in [4.78, 5) is 10.9. The molecular weight excluding hydrogens is 172 g/mol. The minimum absolute atomic E-state index is 0.324. The average molecular weight is 188 g/mol. The molecule has 0 radical (unpaired) electrons. The molecule has 0 aromatic heterocycles. The maximum Gasteiger partial charge on any atom is 0.333 e. The quantitative estimate of drug-likeness (QED) is 0.351. The number of ether oxygens (including phenoxy) is 3. The smallest absolute Gasteiger partial charge is 0.333 e. The van der Waals surface area contributed by atoms with Gasteiger partial charge in [-0.3, -0.25) is 0 Å². The highest BCUT2D eigenvalue weighted by molar-refractivity contribution is 5.87. The van der Waals surface area contributed by atoms with Crippen LogP contribution in [-0.4, -0.2) is 40.0 Å². The molecule has 0 N–H and O–H groups in total. The van der Waals surface area contributed by atoms with Gasteiger partial charge in [-0.15, -0.1) is 0 Å². The van der Waals surface area contributed by atoms with Gasteiger partial charge < -0.3 is 14.2 Å². The normalized spacial score (nSPS) is 11.5. The Bertz CT molecular complexity index is 174. The highest BCUT2D eigenvalue weighted by Gasteiger charge is 2.00. The Morgan fingerprint density at radius 1 is 1.31 bits per heavy atom. The summed E-state index contributed by atoms with van der Waals surface area (Å²) in [5.74, 6) is -0.324. The largest absolute Gasteiger partial charge is 0.466 e. The van der Waals surface area contributed by atoms with Gasteiger partial charge in [0.05, 0.1) is 26.9 Å². The lowest BCUT2D eigenvalue weighted by molar-refractivity contribution is -0.136. The third-order valence-corrected chi connectivity index (χ3v) is 1.45. The second-order valence-corrected chi connectivity index (χ2v) is 2.45. The van der Waals surface area contributed by atoms with Crippen molar-refractivity contribution in [3.8, 4) is 0 Å². The van der Waals surface area contributed by atoms with Crippen molar-refractivity contribution >= 4 is 5.97 Å². The highest BCUT2D eigenvalue weighted by Crippen LogP contribution is 1.94. The Hall–Kier alpha value is -0.870. The maximum absolute atomic E-state index is 10.9. The molecule has 0 aliphatic rings. The zero-order valence-electron chi connectivity index (χ0n) is 8.33. The molecule has 0 unspecified atom stereocenters. The third kappa shape index (κ3) is 6.31. The number of carbonyl (C=O) groups excluding carboxylic acids is 1. The van der Waals surface area contributed by atoms with Gasteiger partial charge in [0.2, 0.25) is 0 Å². The molecule has 0 saturated heterocycles. The van der Waals surface area contributed by atoms with Gasteiger partial charge >= 0.3 is 5.97 Å². The third-order valence-electron chi connectivity index (χ3n) is 1.45. The topological polar surface area (TPSA) is 44.8 Å². The van der Waals surface area contributed by atoms with Crippen LogP contribution in [0.3, 0.4) is 0 Å². The zero-order valence-corrected chi connectivity index (χ0v) is 8.33. The van der Waals surface area contributed by atoms with E-state index in [-0.39, 0.29) is 5.97 Å². The van der Waals surface area contributed by atoms with Crippen LogP contribution in [0.4, 0.5) is 0 Å². The van der Waals surface area contributed by atoms with Gasteiger partial charge in [0, 0.05) is 12.7 Å². The molecule has 76 valence electrons. The molecule has 0 aromatic rings. The molecule has 0 heterocycles. The van der Waals surface area contributed by atoms with Crippen LogP contribution in [0.25, 0.3) is 0 Å². The predicted molar refractivity (Wildman–Crippen MR) is 48.5 cm³/mol. The monoisotopic (exact) mass is 188 g/mol. The van der Waals surface area contributed by atoms with Gasteiger partial charge in [-0.05, 0) is 13.0 Å². The fourth-order valence-corrected chi connectivity index (χ4v) is 0.654. The molecule has 0 amide bonds. The summed E-state index contributed by atoms with van der Waals surface area (Å²) in [6.45, 7) is 3.18. The van der Waals surface area contributed by atoms with Gasteiger partial charge in [0.15, 0.2) is 0 Å². The summed E-state index contributed by atoms with van der Waals surface area (Å²) in [6, 6.07) is 0. The lowest BCUT2D eigenvalue weighted by atomic mass is 10.3. The Morgan fingerprint density at radius 2 is 2.00 bits per heavy atom. The lowest BCUT2D eigenvalue weighted by Gasteiger charge is -2.00. The number of carbonyl (C=O) groups is 1. The van der Waals surface area contributed by atoms with E-state index in [0.717, 1.165) is 0 Å². The Kier molecular flexibility index (Phi) is 7.24. The number of methoxy groups -OCH3 is 2.